The summed E-state index contributed by atoms with van der Waals surface area (Å²) in [5.41, 5.74) is 3.04. The van der Waals surface area contributed by atoms with E-state index in [0.717, 1.165) is 26.5 Å². The molecule has 0 atom stereocenters. The summed E-state index contributed by atoms with van der Waals surface area (Å²) in [6.07, 6.45) is 0. The third kappa shape index (κ3) is 2.27. The van der Waals surface area contributed by atoms with Gasteiger partial charge >= 0.3 is 0 Å². The fourth-order valence-electron chi connectivity index (χ4n) is 0.808. The highest BCUT2D eigenvalue weighted by molar-refractivity contribution is 9.10. The fourth-order valence-corrected chi connectivity index (χ4v) is 1.70. The maximum atomic E-state index is 8.81. The molecular formula is C7H8Br2NO+. The summed E-state index contributed by atoms with van der Waals surface area (Å²) < 4.78 is 0.975. The molecule has 1 aromatic carbocycles. The number of halogens is 2. The highest BCUT2D eigenvalue weighted by Gasteiger charge is 2.03. The number of rotatable bonds is 2. The Balaban J connectivity index is 3.06. The summed E-state index contributed by atoms with van der Waals surface area (Å²) >= 11 is 6.65. The molecule has 0 saturated heterocycles. The molecule has 2 nitrogen and oxygen atoms in total. The smallest absolute Gasteiger partial charge is 0.166 e. The quantitative estimate of drug-likeness (QED) is 0.485. The van der Waals surface area contributed by atoms with Crippen LogP contribution < -0.4 is 5.48 Å². The van der Waals surface area contributed by atoms with Gasteiger partial charge < -0.3 is 0 Å². The van der Waals surface area contributed by atoms with E-state index in [1.807, 2.05) is 18.2 Å². The molecule has 0 amide bonds. The van der Waals surface area contributed by atoms with E-state index in [1.54, 1.807) is 0 Å². The van der Waals surface area contributed by atoms with E-state index in [4.69, 9.17) is 5.21 Å². The molecule has 1 rings (SSSR count). The van der Waals surface area contributed by atoms with Gasteiger partial charge in [0.05, 0.1) is 0 Å². The first kappa shape index (κ1) is 9.19. The topological polar surface area (TPSA) is 36.8 Å². The summed E-state index contributed by atoms with van der Waals surface area (Å²) in [6, 6.07) is 5.78. The van der Waals surface area contributed by atoms with Crippen molar-refractivity contribution in [2.45, 2.75) is 5.33 Å². The zero-order chi connectivity index (χ0) is 8.27. The fraction of sp³-hybridized carbons (Fsp3) is 0.143. The van der Waals surface area contributed by atoms with Crippen LogP contribution in [0.5, 0.6) is 0 Å². The standard InChI is InChI=1S/C7H7Br2NO/c8-4-5-1-2-6(9)3-7(5)10-11/h1-3,10-11H,4H2/p+1. The maximum absolute atomic E-state index is 8.81. The molecule has 0 saturated carbocycles. The average Bonchev–Trinajstić information content (AvgIpc) is 2.04. The van der Waals surface area contributed by atoms with Gasteiger partial charge in [0, 0.05) is 21.4 Å². The van der Waals surface area contributed by atoms with Crippen molar-refractivity contribution in [3.05, 3.63) is 28.2 Å². The predicted octanol–water partition coefficient (Wildman–Crippen LogP) is 1.93. The Bertz CT molecular complexity index is 252. The SMILES string of the molecule is O[NH2+]c1cc(Br)ccc1CBr. The molecule has 1 aromatic rings. The van der Waals surface area contributed by atoms with Crippen LogP contribution in [0.4, 0.5) is 5.69 Å². The van der Waals surface area contributed by atoms with Gasteiger partial charge in [-0.1, -0.05) is 37.9 Å². The Labute approximate surface area is 81.8 Å². The number of hydrogen-bond donors (Lipinski definition) is 2. The van der Waals surface area contributed by atoms with E-state index in [1.165, 1.54) is 0 Å². The first-order valence-corrected chi connectivity index (χ1v) is 5.01. The van der Waals surface area contributed by atoms with Gasteiger partial charge in [0.25, 0.3) is 0 Å². The van der Waals surface area contributed by atoms with Crippen molar-refractivity contribution in [3.63, 3.8) is 0 Å². The third-order valence-corrected chi connectivity index (χ3v) is 2.49. The van der Waals surface area contributed by atoms with E-state index in [2.05, 4.69) is 31.9 Å². The second-order valence-electron chi connectivity index (χ2n) is 2.11. The van der Waals surface area contributed by atoms with E-state index in [9.17, 15) is 0 Å². The number of hydrogen-bond acceptors (Lipinski definition) is 1. The number of benzene rings is 1. The lowest BCUT2D eigenvalue weighted by Gasteiger charge is -1.99. The Morgan fingerprint density at radius 1 is 1.45 bits per heavy atom. The van der Waals surface area contributed by atoms with Gasteiger partial charge in [0.2, 0.25) is 0 Å². The van der Waals surface area contributed by atoms with Crippen LogP contribution in [0.3, 0.4) is 0 Å². The molecule has 0 unspecified atom stereocenters. The molecule has 0 aromatic heterocycles. The highest BCUT2D eigenvalue weighted by atomic mass is 79.9. The predicted molar refractivity (Wildman–Crippen MR) is 50.1 cm³/mol. The second kappa shape index (κ2) is 4.21. The molecule has 0 aliphatic heterocycles. The van der Waals surface area contributed by atoms with Gasteiger partial charge in [-0.05, 0) is 6.07 Å². The van der Waals surface area contributed by atoms with Crippen LogP contribution in [0, 0.1) is 0 Å². The number of nitrogens with two attached hydrogens (primary N) is 1. The Morgan fingerprint density at radius 3 is 2.73 bits per heavy atom. The molecular weight excluding hydrogens is 274 g/mol. The Morgan fingerprint density at radius 2 is 2.18 bits per heavy atom. The first-order chi connectivity index (χ1) is 5.27. The van der Waals surface area contributed by atoms with Crippen LogP contribution in [-0.2, 0) is 5.33 Å². The van der Waals surface area contributed by atoms with Crippen LogP contribution in [0.25, 0.3) is 0 Å². The molecule has 0 bridgehead atoms. The molecule has 3 N–H and O–H groups in total. The van der Waals surface area contributed by atoms with Crippen molar-refractivity contribution >= 4 is 37.5 Å². The summed E-state index contributed by atoms with van der Waals surface area (Å²) in [4.78, 5) is 0. The maximum Gasteiger partial charge on any atom is 0.166 e. The van der Waals surface area contributed by atoms with Gasteiger partial charge in [-0.15, -0.1) is 0 Å². The molecule has 0 radical (unpaired) electrons. The van der Waals surface area contributed by atoms with Crippen molar-refractivity contribution in [1.29, 1.82) is 0 Å². The minimum atomic E-state index is 0.757. The molecule has 4 heteroatoms. The lowest BCUT2D eigenvalue weighted by molar-refractivity contribution is -0.826. The van der Waals surface area contributed by atoms with Crippen molar-refractivity contribution in [2.75, 3.05) is 0 Å². The third-order valence-electron chi connectivity index (χ3n) is 1.39. The second-order valence-corrected chi connectivity index (χ2v) is 3.58. The van der Waals surface area contributed by atoms with Crippen LogP contribution in [0.2, 0.25) is 0 Å². The van der Waals surface area contributed by atoms with E-state index in [-0.39, 0.29) is 0 Å². The van der Waals surface area contributed by atoms with Crippen molar-refractivity contribution in [2.24, 2.45) is 0 Å². The van der Waals surface area contributed by atoms with Crippen LogP contribution >= 0.6 is 31.9 Å². The van der Waals surface area contributed by atoms with Gasteiger partial charge in [0.1, 0.15) is 0 Å². The molecule has 0 heterocycles. The van der Waals surface area contributed by atoms with Gasteiger partial charge in [-0.25, -0.2) is 5.21 Å². The normalized spacial score (nSPS) is 10.1. The molecule has 0 aliphatic carbocycles. The largest absolute Gasteiger partial charge is 0.215 e. The van der Waals surface area contributed by atoms with Gasteiger partial charge in [-0.3, -0.25) is 0 Å². The van der Waals surface area contributed by atoms with Crippen LogP contribution in [-0.4, -0.2) is 5.21 Å². The van der Waals surface area contributed by atoms with Gasteiger partial charge in [-0.2, -0.15) is 5.48 Å². The van der Waals surface area contributed by atoms with Crippen LogP contribution in [0.15, 0.2) is 22.7 Å². The molecule has 0 aliphatic rings. The van der Waals surface area contributed by atoms with Crippen molar-refractivity contribution < 1.29 is 10.7 Å². The first-order valence-electron chi connectivity index (χ1n) is 3.09. The molecule has 11 heavy (non-hydrogen) atoms. The Kier molecular flexibility index (Phi) is 3.51. The summed E-state index contributed by atoms with van der Waals surface area (Å²) in [5, 5.41) is 9.56. The Hall–Kier alpha value is 0.1000. The molecule has 0 fully saturated rings. The zero-order valence-electron chi connectivity index (χ0n) is 5.72. The van der Waals surface area contributed by atoms with Gasteiger partial charge in [0.15, 0.2) is 5.69 Å². The monoisotopic (exact) mass is 280 g/mol. The van der Waals surface area contributed by atoms with Crippen LogP contribution in [0.1, 0.15) is 5.56 Å². The minimum absolute atomic E-state index is 0.757. The summed E-state index contributed by atoms with van der Waals surface area (Å²) in [5.74, 6) is 0. The summed E-state index contributed by atoms with van der Waals surface area (Å²) in [6.45, 7) is 0. The van der Waals surface area contributed by atoms with E-state index in [0.29, 0.717) is 0 Å². The minimum Gasteiger partial charge on any atom is -0.215 e. The average molecular weight is 282 g/mol. The zero-order valence-corrected chi connectivity index (χ0v) is 8.89. The van der Waals surface area contributed by atoms with E-state index < -0.39 is 0 Å². The molecule has 0 spiro atoms. The lowest BCUT2D eigenvalue weighted by atomic mass is 10.2. The molecule has 60 valence electrons. The summed E-state index contributed by atoms with van der Waals surface area (Å²) in [7, 11) is 0. The van der Waals surface area contributed by atoms with Crippen molar-refractivity contribution in [3.8, 4) is 0 Å². The number of quaternary nitrogens is 1. The highest BCUT2D eigenvalue weighted by Crippen LogP contribution is 2.19. The van der Waals surface area contributed by atoms with Crippen molar-refractivity contribution in [1.82, 2.24) is 0 Å². The van der Waals surface area contributed by atoms with E-state index >= 15 is 0 Å². The lowest BCUT2D eigenvalue weighted by Crippen LogP contribution is -2.74. The number of alkyl halides is 1.